The molecule has 0 spiro atoms. The Bertz CT molecular complexity index is 421. The molecule has 2 nitrogen and oxygen atoms in total. The van der Waals surface area contributed by atoms with Crippen LogP contribution in [0.25, 0.3) is 0 Å². The van der Waals surface area contributed by atoms with Gasteiger partial charge in [0.25, 0.3) is 0 Å². The van der Waals surface area contributed by atoms with E-state index in [0.29, 0.717) is 5.92 Å². The first-order chi connectivity index (χ1) is 10.1. The second-order valence-electron chi connectivity index (χ2n) is 6.99. The van der Waals surface area contributed by atoms with E-state index in [4.69, 9.17) is 5.73 Å². The van der Waals surface area contributed by atoms with Gasteiger partial charge in [-0.15, -0.1) is 0 Å². The summed E-state index contributed by atoms with van der Waals surface area (Å²) in [5.74, 6) is 0.693. The molecule has 1 aliphatic rings. The lowest BCUT2D eigenvalue weighted by Crippen LogP contribution is -2.37. The fraction of sp³-hybridized carbons (Fsp3) is 0.684. The quantitative estimate of drug-likeness (QED) is 0.807. The molecule has 118 valence electrons. The summed E-state index contributed by atoms with van der Waals surface area (Å²) in [6.45, 7) is 7.98. The van der Waals surface area contributed by atoms with Crippen LogP contribution >= 0.6 is 0 Å². The molecule has 0 heterocycles. The second kappa shape index (κ2) is 7.84. The molecule has 0 aromatic heterocycles. The monoisotopic (exact) mass is 288 g/mol. The Hall–Kier alpha value is -1.02. The Kier molecular flexibility index (Phi) is 6.10. The van der Waals surface area contributed by atoms with Gasteiger partial charge in [0.1, 0.15) is 0 Å². The third-order valence-electron chi connectivity index (χ3n) is 4.63. The van der Waals surface area contributed by atoms with Crippen molar-refractivity contribution < 1.29 is 0 Å². The number of anilines is 1. The minimum atomic E-state index is 0.274. The molecule has 0 bridgehead atoms. The Morgan fingerprint density at radius 2 is 1.86 bits per heavy atom. The summed E-state index contributed by atoms with van der Waals surface area (Å²) in [7, 11) is 0. The van der Waals surface area contributed by atoms with Gasteiger partial charge in [0.05, 0.1) is 0 Å². The number of nitrogens with zero attached hydrogens (tertiary/aromatic N) is 1. The van der Waals surface area contributed by atoms with Crippen molar-refractivity contribution in [1.29, 1.82) is 0 Å². The maximum atomic E-state index is 6.21. The Morgan fingerprint density at radius 1 is 1.19 bits per heavy atom. The van der Waals surface area contributed by atoms with Crippen molar-refractivity contribution in [3.8, 4) is 0 Å². The van der Waals surface area contributed by atoms with Gasteiger partial charge in [0.15, 0.2) is 0 Å². The van der Waals surface area contributed by atoms with Crippen molar-refractivity contribution in [3.05, 3.63) is 29.8 Å². The number of benzene rings is 1. The first-order valence-corrected chi connectivity index (χ1v) is 8.72. The van der Waals surface area contributed by atoms with Gasteiger partial charge in [0.2, 0.25) is 0 Å². The predicted molar refractivity (Wildman–Crippen MR) is 92.9 cm³/mol. The van der Waals surface area contributed by atoms with E-state index in [2.05, 4.69) is 49.9 Å². The van der Waals surface area contributed by atoms with Crippen LogP contribution in [0.5, 0.6) is 0 Å². The molecule has 1 atom stereocenters. The molecule has 2 rings (SSSR count). The molecule has 1 aromatic carbocycles. The highest BCUT2D eigenvalue weighted by Crippen LogP contribution is 2.31. The van der Waals surface area contributed by atoms with Gasteiger partial charge >= 0.3 is 0 Å². The van der Waals surface area contributed by atoms with Crippen LogP contribution in [0.4, 0.5) is 5.69 Å². The van der Waals surface area contributed by atoms with Gasteiger partial charge in [-0.2, -0.15) is 0 Å². The average molecular weight is 288 g/mol. The van der Waals surface area contributed by atoms with Crippen molar-refractivity contribution in [2.24, 2.45) is 11.7 Å². The fourth-order valence-corrected chi connectivity index (χ4v) is 3.44. The largest absolute Gasteiger partial charge is 0.368 e. The van der Waals surface area contributed by atoms with Gasteiger partial charge in [-0.05, 0) is 43.2 Å². The van der Waals surface area contributed by atoms with E-state index < -0.39 is 0 Å². The van der Waals surface area contributed by atoms with Gasteiger partial charge in [0, 0.05) is 24.3 Å². The molecule has 0 radical (unpaired) electrons. The lowest BCUT2D eigenvalue weighted by atomic mass is 10.00. The zero-order valence-electron chi connectivity index (χ0n) is 14.0. The number of hydrogen-bond acceptors (Lipinski definition) is 2. The molecule has 21 heavy (non-hydrogen) atoms. The standard InChI is InChI=1S/C19H32N2/c1-4-17(20)13-16-9-5-8-12-19(16)21(14-15(2)3)18-10-6-7-11-18/h5,8-9,12,15,17-18H,4,6-7,10-11,13-14,20H2,1-3H3. The number of hydrogen-bond donors (Lipinski definition) is 1. The molecular formula is C19H32N2. The van der Waals surface area contributed by atoms with Crippen molar-refractivity contribution in [2.45, 2.75) is 71.4 Å². The number of para-hydroxylation sites is 1. The predicted octanol–water partition coefficient (Wildman–Crippen LogP) is 4.37. The van der Waals surface area contributed by atoms with Crippen LogP contribution in [-0.4, -0.2) is 18.6 Å². The minimum Gasteiger partial charge on any atom is -0.368 e. The van der Waals surface area contributed by atoms with Crippen molar-refractivity contribution in [1.82, 2.24) is 0 Å². The van der Waals surface area contributed by atoms with Crippen LogP contribution < -0.4 is 10.6 Å². The highest BCUT2D eigenvalue weighted by atomic mass is 15.2. The molecule has 0 saturated heterocycles. The van der Waals surface area contributed by atoms with E-state index in [9.17, 15) is 0 Å². The summed E-state index contributed by atoms with van der Waals surface area (Å²) in [5, 5.41) is 0. The fourth-order valence-electron chi connectivity index (χ4n) is 3.44. The maximum absolute atomic E-state index is 6.21. The first-order valence-electron chi connectivity index (χ1n) is 8.72. The molecular weight excluding hydrogens is 256 g/mol. The lowest BCUT2D eigenvalue weighted by molar-refractivity contribution is 0.532. The highest BCUT2D eigenvalue weighted by molar-refractivity contribution is 5.55. The zero-order chi connectivity index (χ0) is 15.2. The maximum Gasteiger partial charge on any atom is 0.0401 e. The van der Waals surface area contributed by atoms with Gasteiger partial charge in [-0.3, -0.25) is 0 Å². The van der Waals surface area contributed by atoms with Crippen LogP contribution in [-0.2, 0) is 6.42 Å². The van der Waals surface area contributed by atoms with Crippen molar-refractivity contribution in [2.75, 3.05) is 11.4 Å². The third-order valence-corrected chi connectivity index (χ3v) is 4.63. The molecule has 1 unspecified atom stereocenters. The third kappa shape index (κ3) is 4.47. The van der Waals surface area contributed by atoms with E-state index in [-0.39, 0.29) is 6.04 Å². The zero-order valence-corrected chi connectivity index (χ0v) is 14.0. The SMILES string of the molecule is CCC(N)Cc1ccccc1N(CC(C)C)C1CCCC1. The van der Waals surface area contributed by atoms with E-state index in [1.165, 1.54) is 36.9 Å². The van der Waals surface area contributed by atoms with E-state index in [1.807, 2.05) is 0 Å². The van der Waals surface area contributed by atoms with Crippen LogP contribution in [0.1, 0.15) is 58.4 Å². The second-order valence-corrected chi connectivity index (χ2v) is 6.99. The van der Waals surface area contributed by atoms with Crippen LogP contribution in [0.3, 0.4) is 0 Å². The highest BCUT2D eigenvalue weighted by Gasteiger charge is 2.25. The number of nitrogens with two attached hydrogens (primary N) is 1. The normalized spacial score (nSPS) is 17.4. The molecule has 2 N–H and O–H groups in total. The van der Waals surface area contributed by atoms with Crippen LogP contribution in [0, 0.1) is 5.92 Å². The summed E-state index contributed by atoms with van der Waals surface area (Å²) in [6.07, 6.45) is 7.50. The summed E-state index contributed by atoms with van der Waals surface area (Å²) in [5.41, 5.74) is 9.07. The smallest absolute Gasteiger partial charge is 0.0401 e. The summed E-state index contributed by atoms with van der Waals surface area (Å²) >= 11 is 0. The Balaban J connectivity index is 2.25. The van der Waals surface area contributed by atoms with Gasteiger partial charge in [-0.1, -0.05) is 51.8 Å². The van der Waals surface area contributed by atoms with Crippen LogP contribution in [0.15, 0.2) is 24.3 Å². The Morgan fingerprint density at radius 3 is 2.48 bits per heavy atom. The average Bonchev–Trinajstić information content (AvgIpc) is 2.99. The molecule has 1 saturated carbocycles. The van der Waals surface area contributed by atoms with Gasteiger partial charge < -0.3 is 10.6 Å². The minimum absolute atomic E-state index is 0.274. The van der Waals surface area contributed by atoms with Crippen LogP contribution in [0.2, 0.25) is 0 Å². The molecule has 0 amide bonds. The molecule has 0 aliphatic heterocycles. The summed E-state index contributed by atoms with van der Waals surface area (Å²) in [4.78, 5) is 2.68. The number of rotatable bonds is 7. The van der Waals surface area contributed by atoms with Crippen molar-refractivity contribution in [3.63, 3.8) is 0 Å². The topological polar surface area (TPSA) is 29.3 Å². The van der Waals surface area contributed by atoms with Gasteiger partial charge in [-0.25, -0.2) is 0 Å². The first kappa shape index (κ1) is 16.4. The van der Waals surface area contributed by atoms with Crippen molar-refractivity contribution >= 4 is 5.69 Å². The molecule has 1 aliphatic carbocycles. The molecule has 1 aromatic rings. The molecule has 1 fully saturated rings. The lowest BCUT2D eigenvalue weighted by Gasteiger charge is -2.34. The summed E-state index contributed by atoms with van der Waals surface area (Å²) in [6, 6.07) is 9.91. The molecule has 2 heteroatoms. The Labute approximate surface area is 130 Å². The van der Waals surface area contributed by atoms with E-state index in [1.54, 1.807) is 0 Å². The van der Waals surface area contributed by atoms with E-state index in [0.717, 1.165) is 25.4 Å². The summed E-state index contributed by atoms with van der Waals surface area (Å²) < 4.78 is 0. The van der Waals surface area contributed by atoms with E-state index >= 15 is 0 Å².